The number of benzene rings is 1. The highest BCUT2D eigenvalue weighted by Gasteiger charge is 2.26. The van der Waals surface area contributed by atoms with E-state index in [1.165, 1.54) is 5.56 Å². The molecule has 0 heterocycles. The van der Waals surface area contributed by atoms with Gasteiger partial charge in [0.25, 0.3) is 0 Å². The monoisotopic (exact) mass is 284 g/mol. The summed E-state index contributed by atoms with van der Waals surface area (Å²) in [6, 6.07) is 10.1. The second kappa shape index (κ2) is 6.92. The zero-order valence-electron chi connectivity index (χ0n) is 12.2. The number of amides is 1. The molecule has 3 N–H and O–H groups in total. The zero-order chi connectivity index (χ0) is 13.8. The Labute approximate surface area is 122 Å². The van der Waals surface area contributed by atoms with E-state index >= 15 is 0 Å². The number of hydrogen-bond acceptors (Lipinski definition) is 2. The fourth-order valence-electron chi connectivity index (χ4n) is 1.87. The summed E-state index contributed by atoms with van der Waals surface area (Å²) in [5.74, 6) is 0.0410. The minimum absolute atomic E-state index is 0. The van der Waals surface area contributed by atoms with Crippen LogP contribution in [-0.4, -0.2) is 18.0 Å². The van der Waals surface area contributed by atoms with E-state index in [1.54, 1.807) is 0 Å². The van der Waals surface area contributed by atoms with Crippen LogP contribution in [0.15, 0.2) is 30.3 Å². The van der Waals surface area contributed by atoms with Crippen LogP contribution in [0.4, 0.5) is 0 Å². The second-order valence-electron chi connectivity index (χ2n) is 6.06. The average molecular weight is 285 g/mol. The molecule has 3 nitrogen and oxygen atoms in total. The van der Waals surface area contributed by atoms with E-state index in [9.17, 15) is 4.79 Å². The molecule has 0 fully saturated rings. The molecule has 0 radical (unpaired) electrons. The van der Waals surface area contributed by atoms with E-state index in [0.29, 0.717) is 13.0 Å². The van der Waals surface area contributed by atoms with Gasteiger partial charge in [0, 0.05) is 18.5 Å². The van der Waals surface area contributed by atoms with Crippen LogP contribution >= 0.6 is 12.4 Å². The van der Waals surface area contributed by atoms with Gasteiger partial charge in [-0.3, -0.25) is 4.79 Å². The molecule has 0 bridgehead atoms. The number of carbonyl (C=O) groups excluding carboxylic acids is 1. The van der Waals surface area contributed by atoms with Gasteiger partial charge in [-0.15, -0.1) is 12.4 Å². The third-order valence-corrected chi connectivity index (χ3v) is 3.15. The lowest BCUT2D eigenvalue weighted by atomic mass is 9.81. The van der Waals surface area contributed by atoms with Crippen molar-refractivity contribution in [2.24, 2.45) is 5.73 Å². The Morgan fingerprint density at radius 1 is 1.16 bits per heavy atom. The summed E-state index contributed by atoms with van der Waals surface area (Å²) in [7, 11) is 0. The number of nitrogens with two attached hydrogens (primary N) is 1. The van der Waals surface area contributed by atoms with Crippen molar-refractivity contribution in [3.8, 4) is 0 Å². The first-order valence-corrected chi connectivity index (χ1v) is 6.33. The number of rotatable bonds is 5. The van der Waals surface area contributed by atoms with Gasteiger partial charge in [-0.2, -0.15) is 0 Å². The molecule has 4 heteroatoms. The molecule has 0 saturated carbocycles. The summed E-state index contributed by atoms with van der Waals surface area (Å²) in [4.78, 5) is 12.0. The lowest BCUT2D eigenvalue weighted by molar-refractivity contribution is -0.123. The topological polar surface area (TPSA) is 55.1 Å². The number of halogens is 1. The van der Waals surface area contributed by atoms with Gasteiger partial charge in [-0.1, -0.05) is 44.2 Å². The highest BCUT2D eigenvalue weighted by molar-refractivity contribution is 5.85. The van der Waals surface area contributed by atoms with Crippen LogP contribution in [0.3, 0.4) is 0 Å². The molecule has 0 spiro atoms. The quantitative estimate of drug-likeness (QED) is 0.873. The van der Waals surface area contributed by atoms with Gasteiger partial charge in [0.1, 0.15) is 0 Å². The third-order valence-electron chi connectivity index (χ3n) is 3.15. The van der Waals surface area contributed by atoms with Gasteiger partial charge < -0.3 is 11.1 Å². The Kier molecular flexibility index (Phi) is 6.53. The van der Waals surface area contributed by atoms with E-state index in [1.807, 2.05) is 32.0 Å². The van der Waals surface area contributed by atoms with Crippen LogP contribution in [0.1, 0.15) is 39.7 Å². The molecule has 0 unspecified atom stereocenters. The molecule has 1 aromatic carbocycles. The molecule has 0 aliphatic carbocycles. The van der Waals surface area contributed by atoms with Crippen LogP contribution < -0.4 is 11.1 Å². The Morgan fingerprint density at radius 2 is 1.68 bits per heavy atom. The van der Waals surface area contributed by atoms with Crippen molar-refractivity contribution >= 4 is 18.3 Å². The fraction of sp³-hybridized carbons (Fsp3) is 0.533. The average Bonchev–Trinajstić information content (AvgIpc) is 2.28. The minimum atomic E-state index is -0.343. The first-order chi connectivity index (χ1) is 8.27. The predicted molar refractivity (Wildman–Crippen MR) is 82.6 cm³/mol. The summed E-state index contributed by atoms with van der Waals surface area (Å²) < 4.78 is 0. The smallest absolute Gasteiger partial charge is 0.221 e. The molecule has 19 heavy (non-hydrogen) atoms. The second-order valence-corrected chi connectivity index (χ2v) is 6.06. The normalized spacial score (nSPS) is 11.6. The summed E-state index contributed by atoms with van der Waals surface area (Å²) in [6.45, 7) is 8.46. The number of nitrogens with one attached hydrogen (secondary N) is 1. The molecule has 0 aliphatic heterocycles. The van der Waals surface area contributed by atoms with E-state index in [0.717, 1.165) is 0 Å². The van der Waals surface area contributed by atoms with Crippen molar-refractivity contribution < 1.29 is 4.79 Å². The van der Waals surface area contributed by atoms with E-state index in [-0.39, 0.29) is 29.3 Å². The molecule has 108 valence electrons. The molecule has 0 atom stereocenters. The first-order valence-electron chi connectivity index (χ1n) is 6.33. The Balaban J connectivity index is 0.00000324. The predicted octanol–water partition coefficient (Wildman–Crippen LogP) is 2.63. The molecule has 0 aliphatic rings. The van der Waals surface area contributed by atoms with Gasteiger partial charge in [-0.25, -0.2) is 0 Å². The maximum atomic E-state index is 12.0. The van der Waals surface area contributed by atoms with Gasteiger partial charge in [0.15, 0.2) is 0 Å². The summed E-state index contributed by atoms with van der Waals surface area (Å²) in [6.07, 6.45) is 0.459. The summed E-state index contributed by atoms with van der Waals surface area (Å²) >= 11 is 0. The molecule has 0 saturated heterocycles. The molecule has 1 aromatic rings. The Hall–Kier alpha value is -1.06. The summed E-state index contributed by atoms with van der Waals surface area (Å²) in [5, 5.41) is 2.97. The van der Waals surface area contributed by atoms with Crippen molar-refractivity contribution in [2.45, 2.75) is 45.1 Å². The molecule has 1 amide bonds. The third kappa shape index (κ3) is 5.62. The van der Waals surface area contributed by atoms with Gasteiger partial charge in [0.05, 0.1) is 0 Å². The van der Waals surface area contributed by atoms with Crippen molar-refractivity contribution in [1.29, 1.82) is 0 Å². The zero-order valence-corrected chi connectivity index (χ0v) is 13.0. The van der Waals surface area contributed by atoms with Gasteiger partial charge in [0.2, 0.25) is 5.91 Å². The van der Waals surface area contributed by atoms with Crippen LogP contribution in [0.5, 0.6) is 0 Å². The Bertz CT molecular complexity index is 402. The highest BCUT2D eigenvalue weighted by Crippen LogP contribution is 2.26. The Morgan fingerprint density at radius 3 is 2.16 bits per heavy atom. The van der Waals surface area contributed by atoms with Crippen molar-refractivity contribution in [3.63, 3.8) is 0 Å². The van der Waals surface area contributed by atoms with Crippen molar-refractivity contribution in [3.05, 3.63) is 35.9 Å². The number of carbonyl (C=O) groups is 1. The number of hydrogen-bond donors (Lipinski definition) is 2. The van der Waals surface area contributed by atoms with Crippen LogP contribution in [-0.2, 0) is 10.2 Å². The van der Waals surface area contributed by atoms with Crippen molar-refractivity contribution in [1.82, 2.24) is 5.32 Å². The van der Waals surface area contributed by atoms with Crippen LogP contribution in [0.2, 0.25) is 0 Å². The summed E-state index contributed by atoms with van der Waals surface area (Å²) in [5.41, 5.74) is 6.27. The lowest BCUT2D eigenvalue weighted by Crippen LogP contribution is -2.49. The fourth-order valence-corrected chi connectivity index (χ4v) is 1.87. The van der Waals surface area contributed by atoms with E-state index < -0.39 is 0 Å². The first kappa shape index (κ1) is 17.9. The van der Waals surface area contributed by atoms with Crippen LogP contribution in [0, 0.1) is 0 Å². The minimum Gasteiger partial charge on any atom is -0.350 e. The maximum Gasteiger partial charge on any atom is 0.221 e. The SMILES string of the molecule is CC(C)(CN)NC(=O)CC(C)(C)c1ccccc1.Cl. The van der Waals surface area contributed by atoms with Crippen molar-refractivity contribution in [2.75, 3.05) is 6.54 Å². The van der Waals surface area contributed by atoms with Gasteiger partial charge >= 0.3 is 0 Å². The van der Waals surface area contributed by atoms with E-state index in [2.05, 4.69) is 31.3 Å². The molecular weight excluding hydrogens is 260 g/mol. The maximum absolute atomic E-state index is 12.0. The molecule has 1 rings (SSSR count). The van der Waals surface area contributed by atoms with Gasteiger partial charge in [-0.05, 0) is 24.8 Å². The molecule has 0 aromatic heterocycles. The lowest BCUT2D eigenvalue weighted by Gasteiger charge is -2.29. The highest BCUT2D eigenvalue weighted by atomic mass is 35.5. The van der Waals surface area contributed by atoms with E-state index in [4.69, 9.17) is 5.73 Å². The largest absolute Gasteiger partial charge is 0.350 e. The van der Waals surface area contributed by atoms with Crippen LogP contribution in [0.25, 0.3) is 0 Å². The standard InChI is InChI=1S/C15H24N2O.ClH/c1-14(2,12-8-6-5-7-9-12)10-13(18)17-15(3,4)11-16;/h5-9H,10-11,16H2,1-4H3,(H,17,18);1H. The molecular formula is C15H25ClN2O.